The maximum Gasteiger partial charge on any atom is 0.352 e. The van der Waals surface area contributed by atoms with Gasteiger partial charge in [0.15, 0.2) is 0 Å². The third kappa shape index (κ3) is 4.08. The van der Waals surface area contributed by atoms with Crippen molar-refractivity contribution in [2.24, 2.45) is 7.05 Å². The van der Waals surface area contributed by atoms with Gasteiger partial charge in [-0.3, -0.25) is 14.5 Å². The van der Waals surface area contributed by atoms with Crippen LogP contribution in [-0.4, -0.2) is 80.0 Å². The summed E-state index contributed by atoms with van der Waals surface area (Å²) in [6.07, 6.45) is 0. The third-order valence-electron chi connectivity index (χ3n) is 4.82. The Morgan fingerprint density at radius 2 is 2.06 bits per heavy atom. The molecule has 2 aliphatic heterocycles. The number of benzene rings is 1. The van der Waals surface area contributed by atoms with Gasteiger partial charge in [0.2, 0.25) is 5.16 Å². The molecule has 2 amide bonds. The average Bonchev–Trinajstić information content (AvgIpc) is 3.21. The first-order valence-corrected chi connectivity index (χ1v) is 12.0. The molecule has 2 atom stereocenters. The predicted octanol–water partition coefficient (Wildman–Crippen LogP) is -0.525. The number of nitrogens with zero attached hydrogens (tertiary/aromatic N) is 5. The summed E-state index contributed by atoms with van der Waals surface area (Å²) >= 11 is 2.67. The van der Waals surface area contributed by atoms with E-state index in [4.69, 9.17) is 0 Å². The number of aromatic nitrogens is 4. The minimum Gasteiger partial charge on any atom is -0.477 e. The van der Waals surface area contributed by atoms with E-state index in [-0.39, 0.29) is 21.8 Å². The number of carboxylic acid groups (broad SMARTS) is 1. The molecule has 2 aromatic rings. The van der Waals surface area contributed by atoms with Gasteiger partial charge in [0, 0.05) is 24.1 Å². The molecular formula is C18H16N6O5S3. The summed E-state index contributed by atoms with van der Waals surface area (Å²) in [4.78, 5) is 38.5. The van der Waals surface area contributed by atoms with Gasteiger partial charge in [0.1, 0.15) is 33.2 Å². The van der Waals surface area contributed by atoms with Crippen molar-refractivity contribution in [3.05, 3.63) is 47.2 Å². The Bertz CT molecular complexity index is 1180. The van der Waals surface area contributed by atoms with E-state index in [0.717, 1.165) is 0 Å². The van der Waals surface area contributed by atoms with Gasteiger partial charge in [-0.15, -0.1) is 16.9 Å². The largest absolute Gasteiger partial charge is 0.477 e. The van der Waals surface area contributed by atoms with Crippen LogP contribution >= 0.6 is 23.5 Å². The molecule has 4 rings (SSSR count). The van der Waals surface area contributed by atoms with Crippen molar-refractivity contribution in [1.82, 2.24) is 30.4 Å². The van der Waals surface area contributed by atoms with E-state index in [2.05, 4.69) is 20.8 Å². The quantitative estimate of drug-likeness (QED) is 0.224. The Morgan fingerprint density at radius 3 is 2.69 bits per heavy atom. The highest BCUT2D eigenvalue weighted by atomic mass is 32.2. The van der Waals surface area contributed by atoms with Crippen molar-refractivity contribution in [2.45, 2.75) is 16.6 Å². The number of nitrogens with one attached hydrogen (secondary N) is 1. The second-order valence-electron chi connectivity index (χ2n) is 6.77. The van der Waals surface area contributed by atoms with Crippen LogP contribution in [0.1, 0.15) is 5.56 Å². The fourth-order valence-corrected chi connectivity index (χ4v) is 6.00. The number of fused-ring (bicyclic) bond motifs is 1. The Balaban J connectivity index is 1.49. The lowest BCUT2D eigenvalue weighted by molar-refractivity contribution is -0.150. The maximum atomic E-state index is 12.8. The summed E-state index contributed by atoms with van der Waals surface area (Å²) in [5, 5.41) is 23.4. The van der Waals surface area contributed by atoms with Crippen molar-refractivity contribution in [3.8, 4) is 0 Å². The van der Waals surface area contributed by atoms with Crippen LogP contribution in [0.2, 0.25) is 0 Å². The SMILES string of the molecule is Cn1nnnc1SCC1=C(C(=O)O)N2C(=O)C(NC(=O)C(=S=O)c3ccccc3)[C@H]2SC1. The number of tetrazole rings is 1. The van der Waals surface area contributed by atoms with E-state index in [1.807, 2.05) is 0 Å². The van der Waals surface area contributed by atoms with Gasteiger partial charge in [-0.1, -0.05) is 42.1 Å². The van der Waals surface area contributed by atoms with Crippen LogP contribution in [0, 0.1) is 0 Å². The second kappa shape index (κ2) is 9.26. The monoisotopic (exact) mass is 492 g/mol. The first-order valence-electron chi connectivity index (χ1n) is 9.20. The van der Waals surface area contributed by atoms with E-state index in [1.165, 1.54) is 33.1 Å². The number of hydrogen-bond acceptors (Lipinski definition) is 9. The Hall–Kier alpha value is -2.97. The van der Waals surface area contributed by atoms with E-state index in [1.54, 1.807) is 37.4 Å². The third-order valence-corrected chi connectivity index (χ3v) is 7.84. The van der Waals surface area contributed by atoms with Gasteiger partial charge in [0.25, 0.3) is 11.8 Å². The van der Waals surface area contributed by atoms with Crippen LogP contribution in [0.4, 0.5) is 0 Å². The van der Waals surface area contributed by atoms with Gasteiger partial charge >= 0.3 is 5.97 Å². The molecule has 11 nitrogen and oxygen atoms in total. The van der Waals surface area contributed by atoms with Gasteiger partial charge < -0.3 is 10.4 Å². The van der Waals surface area contributed by atoms with Crippen LogP contribution in [0.5, 0.6) is 0 Å². The number of aryl methyl sites for hydroxylation is 1. The molecule has 1 unspecified atom stereocenters. The molecule has 0 spiro atoms. The molecule has 1 aromatic heterocycles. The highest BCUT2D eigenvalue weighted by molar-refractivity contribution is 8.01. The second-order valence-corrected chi connectivity index (χ2v) is 9.39. The van der Waals surface area contributed by atoms with Gasteiger partial charge in [-0.25, -0.2) is 13.7 Å². The van der Waals surface area contributed by atoms with E-state index < -0.39 is 29.2 Å². The molecule has 2 aliphatic rings. The average molecular weight is 493 g/mol. The molecule has 2 N–H and O–H groups in total. The number of β-lactam (4-membered cyclic amide) rings is 1. The highest BCUT2D eigenvalue weighted by Gasteiger charge is 2.54. The molecule has 1 fully saturated rings. The maximum absolute atomic E-state index is 12.8. The standard InChI is InChI=1S/C18H16N6O5S3/c1-23-18(20-21-22-23)31-8-10-7-30-16-11(15(26)24(16)12(10)17(27)28)19-14(25)13(32-29)9-5-3-2-4-6-9/h2-6,11,16H,7-8H2,1H3,(H,19,25)(H,27,28)/t11?,16-/m1/s1. The number of thioether (sulfide) groups is 2. The van der Waals surface area contributed by atoms with Crippen LogP contribution in [0.3, 0.4) is 0 Å². The fraction of sp³-hybridized carbons (Fsp3) is 0.278. The number of carbonyl (C=O) groups is 3. The smallest absolute Gasteiger partial charge is 0.352 e. The first kappa shape index (κ1) is 22.2. The molecule has 0 bridgehead atoms. The molecule has 3 heterocycles. The van der Waals surface area contributed by atoms with E-state index in [9.17, 15) is 23.7 Å². The number of carboxylic acids is 1. The molecule has 1 aromatic carbocycles. The van der Waals surface area contributed by atoms with Crippen molar-refractivity contribution in [1.29, 1.82) is 0 Å². The zero-order valence-corrected chi connectivity index (χ0v) is 18.9. The zero-order chi connectivity index (χ0) is 22.8. The Labute approximate surface area is 193 Å². The van der Waals surface area contributed by atoms with E-state index in [0.29, 0.717) is 27.8 Å². The van der Waals surface area contributed by atoms with Crippen LogP contribution in [0.25, 0.3) is 0 Å². The predicted molar refractivity (Wildman–Crippen MR) is 118 cm³/mol. The van der Waals surface area contributed by atoms with Crippen molar-refractivity contribution in [3.63, 3.8) is 0 Å². The van der Waals surface area contributed by atoms with Crippen molar-refractivity contribution in [2.75, 3.05) is 11.5 Å². The van der Waals surface area contributed by atoms with E-state index >= 15 is 0 Å². The minimum absolute atomic E-state index is 0.0491. The topological polar surface area (TPSA) is 147 Å². The molecular weight excluding hydrogens is 476 g/mol. The molecule has 0 aliphatic carbocycles. The lowest BCUT2D eigenvalue weighted by Crippen LogP contribution is -2.71. The molecule has 14 heteroatoms. The molecule has 32 heavy (non-hydrogen) atoms. The molecule has 166 valence electrons. The van der Waals surface area contributed by atoms with Gasteiger partial charge in [-0.05, 0) is 16.0 Å². The Kier molecular flexibility index (Phi) is 6.43. The number of carbonyl (C=O) groups excluding carboxylic acids is 2. The summed E-state index contributed by atoms with van der Waals surface area (Å²) in [5.41, 5.74) is 0.933. The van der Waals surface area contributed by atoms with Crippen LogP contribution in [0.15, 0.2) is 46.8 Å². The normalized spacial score (nSPS) is 19.8. The lowest BCUT2D eigenvalue weighted by Gasteiger charge is -2.49. The molecule has 1 saturated heterocycles. The summed E-state index contributed by atoms with van der Waals surface area (Å²) in [6.45, 7) is 0. The van der Waals surface area contributed by atoms with Crippen LogP contribution in [-0.2, 0) is 32.7 Å². The molecule has 0 saturated carbocycles. The van der Waals surface area contributed by atoms with Gasteiger partial charge in [0.05, 0.1) is 0 Å². The number of aliphatic carboxylic acids is 1. The summed E-state index contributed by atoms with van der Waals surface area (Å²) < 4.78 is 13.0. The zero-order valence-electron chi connectivity index (χ0n) is 16.5. The fourth-order valence-electron chi connectivity index (χ4n) is 3.30. The molecule has 0 radical (unpaired) electrons. The summed E-state index contributed by atoms with van der Waals surface area (Å²) in [6, 6.07) is 7.51. The Morgan fingerprint density at radius 1 is 1.31 bits per heavy atom. The number of hydrogen-bond donors (Lipinski definition) is 2. The van der Waals surface area contributed by atoms with Crippen molar-refractivity contribution >= 4 is 57.4 Å². The van der Waals surface area contributed by atoms with Gasteiger partial charge in [-0.2, -0.15) is 0 Å². The number of amides is 2. The summed E-state index contributed by atoms with van der Waals surface area (Å²) in [7, 11) is 1.67. The minimum atomic E-state index is -1.22. The highest BCUT2D eigenvalue weighted by Crippen LogP contribution is 2.41. The van der Waals surface area contributed by atoms with Crippen molar-refractivity contribution < 1.29 is 23.7 Å². The lowest BCUT2D eigenvalue weighted by atomic mass is 10.0. The first-order chi connectivity index (χ1) is 15.4. The summed E-state index contributed by atoms with van der Waals surface area (Å²) in [5.74, 6) is -1.74. The van der Waals surface area contributed by atoms with Crippen LogP contribution < -0.4 is 5.32 Å². The number of rotatable bonds is 7.